The lowest BCUT2D eigenvalue weighted by molar-refractivity contribution is -0.113. The number of carbonyl (C=O) groups is 1. The fourth-order valence-corrected chi connectivity index (χ4v) is 3.91. The summed E-state index contributed by atoms with van der Waals surface area (Å²) in [7, 11) is 0. The number of amides is 1. The highest BCUT2D eigenvalue weighted by Gasteiger charge is 2.32. The lowest BCUT2D eigenvalue weighted by atomic mass is 10.2. The van der Waals surface area contributed by atoms with Crippen LogP contribution in [0.1, 0.15) is 16.7 Å². The first-order chi connectivity index (χ1) is 14.6. The van der Waals surface area contributed by atoms with Crippen molar-refractivity contribution in [1.29, 1.82) is 5.26 Å². The van der Waals surface area contributed by atoms with Crippen LogP contribution in [0.4, 0.5) is 10.1 Å². The van der Waals surface area contributed by atoms with Crippen molar-refractivity contribution in [2.24, 2.45) is 4.99 Å². The fourth-order valence-electron chi connectivity index (χ4n) is 2.94. The van der Waals surface area contributed by atoms with Gasteiger partial charge in [-0.05, 0) is 53.6 Å². The first-order valence-electron chi connectivity index (χ1n) is 9.21. The molecule has 0 bridgehead atoms. The normalized spacial score (nSPS) is 14.7. The zero-order valence-corrected chi connectivity index (χ0v) is 16.6. The second kappa shape index (κ2) is 8.76. The zero-order chi connectivity index (χ0) is 20.9. The molecule has 1 heterocycles. The Morgan fingerprint density at radius 3 is 2.37 bits per heavy atom. The van der Waals surface area contributed by atoms with E-state index in [9.17, 15) is 9.18 Å². The Labute approximate surface area is 178 Å². The molecule has 4 rings (SSSR count). The number of aliphatic imine (C=N–C) groups is 1. The van der Waals surface area contributed by atoms with Gasteiger partial charge < -0.3 is 0 Å². The molecule has 1 aliphatic rings. The molecule has 0 aliphatic carbocycles. The molecular weight excluding hydrogens is 397 g/mol. The summed E-state index contributed by atoms with van der Waals surface area (Å²) in [6, 6.07) is 24.7. The van der Waals surface area contributed by atoms with Crippen LogP contribution in [-0.2, 0) is 10.5 Å². The second-order valence-electron chi connectivity index (χ2n) is 6.55. The highest BCUT2D eigenvalue weighted by Crippen LogP contribution is 2.31. The maximum Gasteiger partial charge on any atom is 0.283 e. The Hall–Kier alpha value is -3.69. The Bertz CT molecular complexity index is 1160. The van der Waals surface area contributed by atoms with Gasteiger partial charge >= 0.3 is 0 Å². The van der Waals surface area contributed by atoms with Crippen LogP contribution in [0, 0.1) is 17.1 Å². The maximum absolute atomic E-state index is 13.4. The van der Waals surface area contributed by atoms with E-state index in [2.05, 4.69) is 11.1 Å². The van der Waals surface area contributed by atoms with E-state index in [1.165, 1.54) is 28.8 Å². The van der Waals surface area contributed by atoms with E-state index in [4.69, 9.17) is 5.26 Å². The number of benzene rings is 3. The SMILES string of the molecule is N#Cc1ccc(CSC2=N/C(=C\c3ccccc3)C(=O)N2c2ccc(F)cc2)cc1. The minimum Gasteiger partial charge on any atom is -0.266 e. The van der Waals surface area contributed by atoms with Gasteiger partial charge in [-0.15, -0.1) is 0 Å². The molecular formula is C24H16FN3OS. The van der Waals surface area contributed by atoms with E-state index in [1.54, 1.807) is 30.3 Å². The topological polar surface area (TPSA) is 56.5 Å². The van der Waals surface area contributed by atoms with Gasteiger partial charge in [0.2, 0.25) is 0 Å². The number of nitriles is 1. The van der Waals surface area contributed by atoms with Crippen molar-refractivity contribution in [2.75, 3.05) is 4.90 Å². The Morgan fingerprint density at radius 2 is 1.70 bits per heavy atom. The summed E-state index contributed by atoms with van der Waals surface area (Å²) in [5, 5.41) is 9.47. The third-order valence-corrected chi connectivity index (χ3v) is 5.48. The van der Waals surface area contributed by atoms with Crippen LogP contribution >= 0.6 is 11.8 Å². The molecule has 0 N–H and O–H groups in total. The molecule has 1 amide bonds. The van der Waals surface area contributed by atoms with Gasteiger partial charge in [0, 0.05) is 5.75 Å². The van der Waals surface area contributed by atoms with Crippen molar-refractivity contribution in [1.82, 2.24) is 0 Å². The molecule has 1 aliphatic heterocycles. The number of amidine groups is 1. The molecule has 6 heteroatoms. The maximum atomic E-state index is 13.4. The number of thioether (sulfide) groups is 1. The van der Waals surface area contributed by atoms with E-state index >= 15 is 0 Å². The Morgan fingerprint density at radius 1 is 1.00 bits per heavy atom. The summed E-state index contributed by atoms with van der Waals surface area (Å²) < 4.78 is 13.4. The number of carbonyl (C=O) groups excluding carboxylic acids is 1. The summed E-state index contributed by atoms with van der Waals surface area (Å²) in [5.41, 5.74) is 3.37. The van der Waals surface area contributed by atoms with Crippen molar-refractivity contribution >= 4 is 34.6 Å². The lowest BCUT2D eigenvalue weighted by Crippen LogP contribution is -2.30. The van der Waals surface area contributed by atoms with Crippen LogP contribution in [0.15, 0.2) is 89.6 Å². The summed E-state index contributed by atoms with van der Waals surface area (Å²) in [4.78, 5) is 19.2. The highest BCUT2D eigenvalue weighted by molar-refractivity contribution is 8.13. The average molecular weight is 413 g/mol. The first kappa shape index (κ1) is 19.6. The van der Waals surface area contributed by atoms with E-state index in [0.29, 0.717) is 27.9 Å². The number of rotatable bonds is 4. The summed E-state index contributed by atoms with van der Waals surface area (Å²) >= 11 is 1.41. The molecule has 0 saturated carbocycles. The van der Waals surface area contributed by atoms with Crippen LogP contribution in [0.5, 0.6) is 0 Å². The predicted molar refractivity (Wildman–Crippen MR) is 118 cm³/mol. The van der Waals surface area contributed by atoms with Gasteiger partial charge in [-0.2, -0.15) is 5.26 Å². The summed E-state index contributed by atoms with van der Waals surface area (Å²) in [6.07, 6.45) is 1.74. The smallest absolute Gasteiger partial charge is 0.266 e. The van der Waals surface area contributed by atoms with Gasteiger partial charge in [-0.3, -0.25) is 9.69 Å². The van der Waals surface area contributed by atoms with Crippen LogP contribution in [0.25, 0.3) is 6.08 Å². The average Bonchev–Trinajstić information content (AvgIpc) is 3.09. The Balaban J connectivity index is 1.64. The molecule has 30 heavy (non-hydrogen) atoms. The molecule has 0 atom stereocenters. The number of hydrogen-bond donors (Lipinski definition) is 0. The second-order valence-corrected chi connectivity index (χ2v) is 7.49. The Kier molecular flexibility index (Phi) is 5.73. The fraction of sp³-hybridized carbons (Fsp3) is 0.0417. The number of hydrogen-bond acceptors (Lipinski definition) is 4. The van der Waals surface area contributed by atoms with Crippen LogP contribution < -0.4 is 4.90 Å². The van der Waals surface area contributed by atoms with Crippen LogP contribution in [-0.4, -0.2) is 11.1 Å². The number of nitrogens with zero attached hydrogens (tertiary/aromatic N) is 3. The van der Waals surface area contributed by atoms with E-state index in [0.717, 1.165) is 11.1 Å². The number of halogens is 1. The molecule has 0 aromatic heterocycles. The van der Waals surface area contributed by atoms with Crippen molar-refractivity contribution in [3.8, 4) is 6.07 Å². The molecule has 3 aromatic carbocycles. The van der Waals surface area contributed by atoms with Crippen LogP contribution in [0.3, 0.4) is 0 Å². The van der Waals surface area contributed by atoms with Crippen molar-refractivity contribution in [3.05, 3.63) is 107 Å². The van der Waals surface area contributed by atoms with E-state index in [-0.39, 0.29) is 11.7 Å². The standard InChI is InChI=1S/C24H16FN3OS/c25-20-10-12-21(13-11-20)28-23(29)22(14-17-4-2-1-3-5-17)27-24(28)30-16-19-8-6-18(15-26)7-9-19/h1-14H,16H2/b22-14-. The largest absolute Gasteiger partial charge is 0.283 e. The molecule has 0 saturated heterocycles. The summed E-state index contributed by atoms with van der Waals surface area (Å²) in [5.74, 6) is -0.0457. The summed E-state index contributed by atoms with van der Waals surface area (Å²) in [6.45, 7) is 0. The molecule has 0 radical (unpaired) electrons. The van der Waals surface area contributed by atoms with E-state index < -0.39 is 0 Å². The van der Waals surface area contributed by atoms with Gasteiger partial charge in [0.15, 0.2) is 5.17 Å². The van der Waals surface area contributed by atoms with Gasteiger partial charge in [-0.1, -0.05) is 54.2 Å². The first-order valence-corrected chi connectivity index (χ1v) is 10.2. The predicted octanol–water partition coefficient (Wildman–Crippen LogP) is 5.37. The third-order valence-electron chi connectivity index (χ3n) is 4.47. The lowest BCUT2D eigenvalue weighted by Gasteiger charge is -2.17. The van der Waals surface area contributed by atoms with Gasteiger partial charge in [0.05, 0.1) is 17.3 Å². The zero-order valence-electron chi connectivity index (χ0n) is 15.8. The number of anilines is 1. The molecule has 146 valence electrons. The van der Waals surface area contributed by atoms with Crippen molar-refractivity contribution in [2.45, 2.75) is 5.75 Å². The van der Waals surface area contributed by atoms with Gasteiger partial charge in [-0.25, -0.2) is 9.38 Å². The molecule has 4 nitrogen and oxygen atoms in total. The molecule has 0 spiro atoms. The third kappa shape index (κ3) is 4.32. The molecule has 0 fully saturated rings. The van der Waals surface area contributed by atoms with Gasteiger partial charge in [0.25, 0.3) is 5.91 Å². The minimum absolute atomic E-state index is 0.257. The van der Waals surface area contributed by atoms with Crippen molar-refractivity contribution < 1.29 is 9.18 Å². The monoisotopic (exact) mass is 413 g/mol. The van der Waals surface area contributed by atoms with Gasteiger partial charge in [0.1, 0.15) is 11.5 Å². The van der Waals surface area contributed by atoms with Crippen LogP contribution in [0.2, 0.25) is 0 Å². The van der Waals surface area contributed by atoms with E-state index in [1.807, 2.05) is 42.5 Å². The minimum atomic E-state index is -0.367. The van der Waals surface area contributed by atoms with Crippen molar-refractivity contribution in [3.63, 3.8) is 0 Å². The quantitative estimate of drug-likeness (QED) is 0.540. The molecule has 3 aromatic rings. The molecule has 0 unspecified atom stereocenters. The highest BCUT2D eigenvalue weighted by atomic mass is 32.2.